The van der Waals surface area contributed by atoms with Gasteiger partial charge in [0.1, 0.15) is 16.4 Å². The highest BCUT2D eigenvalue weighted by Crippen LogP contribution is 2.25. The van der Waals surface area contributed by atoms with E-state index in [-0.39, 0.29) is 11.6 Å². The van der Waals surface area contributed by atoms with E-state index in [1.165, 1.54) is 41.2 Å². The maximum atomic E-state index is 13.0. The molecule has 0 radical (unpaired) electrons. The Bertz CT molecular complexity index is 956. The van der Waals surface area contributed by atoms with E-state index in [1.807, 2.05) is 13.0 Å². The van der Waals surface area contributed by atoms with E-state index in [2.05, 4.69) is 6.92 Å². The molecule has 2 aromatic carbocycles. The Morgan fingerprint density at radius 1 is 1.00 bits per heavy atom. The molecule has 3 aromatic rings. The molecule has 0 N–H and O–H groups in total. The van der Waals surface area contributed by atoms with E-state index in [1.54, 1.807) is 24.3 Å². The summed E-state index contributed by atoms with van der Waals surface area (Å²) in [5.74, 6) is -0.632. The summed E-state index contributed by atoms with van der Waals surface area (Å²) in [6.07, 6.45) is 1.96. The highest BCUT2D eigenvalue weighted by atomic mass is 32.1. The van der Waals surface area contributed by atoms with Crippen LogP contribution in [0.1, 0.15) is 49.4 Å². The standard InChI is InChI=1S/C22H19FO3S/c1-3-4-17-13-20(27-14(17)2)22(25)26-19-11-7-16(8-12-19)21(24)15-5-9-18(23)10-6-15/h5-13H,3-4H2,1-2H3. The third kappa shape index (κ3) is 4.49. The summed E-state index contributed by atoms with van der Waals surface area (Å²) in [4.78, 5) is 26.4. The van der Waals surface area contributed by atoms with Crippen LogP contribution in [0.4, 0.5) is 4.39 Å². The second-order valence-corrected chi connectivity index (χ2v) is 7.45. The number of ether oxygens (including phenoxy) is 1. The van der Waals surface area contributed by atoms with Gasteiger partial charge in [0.05, 0.1) is 0 Å². The lowest BCUT2D eigenvalue weighted by molar-refractivity contribution is 0.0739. The van der Waals surface area contributed by atoms with Crippen LogP contribution >= 0.6 is 11.3 Å². The summed E-state index contributed by atoms with van der Waals surface area (Å²) in [7, 11) is 0. The fraction of sp³-hybridized carbons (Fsp3) is 0.182. The molecule has 27 heavy (non-hydrogen) atoms. The van der Waals surface area contributed by atoms with Gasteiger partial charge in [-0.1, -0.05) is 13.3 Å². The largest absolute Gasteiger partial charge is 0.422 e. The maximum absolute atomic E-state index is 13.0. The molecule has 0 aliphatic rings. The summed E-state index contributed by atoms with van der Waals surface area (Å²) >= 11 is 1.43. The number of thiophene rings is 1. The molecule has 3 rings (SSSR count). The number of aryl methyl sites for hydroxylation is 2. The zero-order valence-corrected chi connectivity index (χ0v) is 15.9. The number of halogens is 1. The van der Waals surface area contributed by atoms with Crippen molar-refractivity contribution >= 4 is 23.1 Å². The van der Waals surface area contributed by atoms with Gasteiger partial charge in [0, 0.05) is 16.0 Å². The number of carbonyl (C=O) groups is 2. The number of carbonyl (C=O) groups excluding carboxylic acids is 2. The van der Waals surface area contributed by atoms with Crippen LogP contribution in [0.15, 0.2) is 54.6 Å². The number of rotatable bonds is 6. The minimum atomic E-state index is -0.400. The Morgan fingerprint density at radius 2 is 1.59 bits per heavy atom. The third-order valence-electron chi connectivity index (χ3n) is 4.17. The molecule has 1 heterocycles. The van der Waals surface area contributed by atoms with E-state index in [9.17, 15) is 14.0 Å². The quantitative estimate of drug-likeness (QED) is 0.317. The first-order valence-electron chi connectivity index (χ1n) is 8.69. The van der Waals surface area contributed by atoms with E-state index in [0.717, 1.165) is 17.7 Å². The van der Waals surface area contributed by atoms with Crippen LogP contribution in [-0.2, 0) is 6.42 Å². The first-order chi connectivity index (χ1) is 13.0. The highest BCUT2D eigenvalue weighted by molar-refractivity contribution is 7.14. The van der Waals surface area contributed by atoms with Crippen LogP contribution in [0.2, 0.25) is 0 Å². The van der Waals surface area contributed by atoms with Crippen molar-refractivity contribution in [1.82, 2.24) is 0 Å². The van der Waals surface area contributed by atoms with Gasteiger partial charge in [-0.2, -0.15) is 0 Å². The normalized spacial score (nSPS) is 10.6. The SMILES string of the molecule is CCCc1cc(C(=O)Oc2ccc(C(=O)c3ccc(F)cc3)cc2)sc1C. The van der Waals surface area contributed by atoms with Gasteiger partial charge in [0.15, 0.2) is 5.78 Å². The predicted octanol–water partition coefficient (Wildman–Crippen LogP) is 5.60. The Hall–Kier alpha value is -2.79. The van der Waals surface area contributed by atoms with Crippen molar-refractivity contribution in [1.29, 1.82) is 0 Å². The van der Waals surface area contributed by atoms with Crippen molar-refractivity contribution < 1.29 is 18.7 Å². The van der Waals surface area contributed by atoms with Gasteiger partial charge in [-0.15, -0.1) is 11.3 Å². The van der Waals surface area contributed by atoms with Gasteiger partial charge in [-0.05, 0) is 73.5 Å². The van der Waals surface area contributed by atoms with Crippen LogP contribution in [0.25, 0.3) is 0 Å². The Kier molecular flexibility index (Phi) is 5.81. The van der Waals surface area contributed by atoms with Gasteiger partial charge < -0.3 is 4.74 Å². The molecule has 5 heteroatoms. The second-order valence-electron chi connectivity index (χ2n) is 6.19. The molecule has 0 aliphatic carbocycles. The highest BCUT2D eigenvalue weighted by Gasteiger charge is 2.15. The monoisotopic (exact) mass is 382 g/mol. The lowest BCUT2D eigenvalue weighted by Crippen LogP contribution is -2.07. The molecule has 3 nitrogen and oxygen atoms in total. The van der Waals surface area contributed by atoms with Gasteiger partial charge in [0.25, 0.3) is 0 Å². The molecule has 0 bridgehead atoms. The van der Waals surface area contributed by atoms with Gasteiger partial charge in [-0.3, -0.25) is 4.79 Å². The summed E-state index contributed by atoms with van der Waals surface area (Å²) in [6.45, 7) is 4.10. The minimum Gasteiger partial charge on any atom is -0.422 e. The maximum Gasteiger partial charge on any atom is 0.353 e. The van der Waals surface area contributed by atoms with Crippen molar-refractivity contribution in [2.45, 2.75) is 26.7 Å². The van der Waals surface area contributed by atoms with Crippen LogP contribution < -0.4 is 4.74 Å². The molecule has 0 fully saturated rings. The molecular weight excluding hydrogens is 363 g/mol. The number of hydrogen-bond acceptors (Lipinski definition) is 4. The van der Waals surface area contributed by atoms with Crippen LogP contribution in [-0.4, -0.2) is 11.8 Å². The van der Waals surface area contributed by atoms with Crippen molar-refractivity contribution in [3.05, 3.63) is 86.9 Å². The molecule has 0 spiro atoms. The molecule has 0 saturated heterocycles. The van der Waals surface area contributed by atoms with Crippen molar-refractivity contribution in [3.63, 3.8) is 0 Å². The van der Waals surface area contributed by atoms with E-state index in [0.29, 0.717) is 21.8 Å². The molecular formula is C22H19FO3S. The Morgan fingerprint density at radius 3 is 2.19 bits per heavy atom. The first kappa shape index (κ1) is 19.0. The van der Waals surface area contributed by atoms with Gasteiger partial charge >= 0.3 is 5.97 Å². The van der Waals surface area contributed by atoms with Gasteiger partial charge in [0.2, 0.25) is 0 Å². The Balaban J connectivity index is 1.70. The molecule has 0 atom stereocenters. The smallest absolute Gasteiger partial charge is 0.353 e. The third-order valence-corrected chi connectivity index (χ3v) is 5.25. The van der Waals surface area contributed by atoms with Crippen LogP contribution in [0.3, 0.4) is 0 Å². The number of benzene rings is 2. The van der Waals surface area contributed by atoms with E-state index in [4.69, 9.17) is 4.74 Å². The number of hydrogen-bond donors (Lipinski definition) is 0. The molecule has 0 unspecified atom stereocenters. The molecule has 0 saturated carbocycles. The number of ketones is 1. The van der Waals surface area contributed by atoms with E-state index >= 15 is 0 Å². The topological polar surface area (TPSA) is 43.4 Å². The summed E-state index contributed by atoms with van der Waals surface area (Å²) in [5, 5.41) is 0. The molecule has 0 amide bonds. The summed E-state index contributed by atoms with van der Waals surface area (Å²) in [5.41, 5.74) is 2.02. The fourth-order valence-corrected chi connectivity index (χ4v) is 3.69. The molecule has 138 valence electrons. The summed E-state index contributed by atoms with van der Waals surface area (Å²) < 4.78 is 18.4. The minimum absolute atomic E-state index is 0.217. The van der Waals surface area contributed by atoms with Crippen LogP contribution in [0, 0.1) is 12.7 Å². The van der Waals surface area contributed by atoms with Crippen molar-refractivity contribution in [2.75, 3.05) is 0 Å². The average molecular weight is 382 g/mol. The van der Waals surface area contributed by atoms with Crippen molar-refractivity contribution in [2.24, 2.45) is 0 Å². The first-order valence-corrected chi connectivity index (χ1v) is 9.51. The lowest BCUT2D eigenvalue weighted by atomic mass is 10.0. The second kappa shape index (κ2) is 8.27. The number of esters is 1. The fourth-order valence-electron chi connectivity index (χ4n) is 2.74. The zero-order chi connectivity index (χ0) is 19.4. The summed E-state index contributed by atoms with van der Waals surface area (Å²) in [6, 6.07) is 13.6. The van der Waals surface area contributed by atoms with Crippen molar-refractivity contribution in [3.8, 4) is 5.75 Å². The lowest BCUT2D eigenvalue weighted by Gasteiger charge is -2.05. The van der Waals surface area contributed by atoms with Gasteiger partial charge in [-0.25, -0.2) is 9.18 Å². The average Bonchev–Trinajstić information content (AvgIpc) is 3.04. The predicted molar refractivity (Wildman–Crippen MR) is 104 cm³/mol. The van der Waals surface area contributed by atoms with E-state index < -0.39 is 5.97 Å². The molecule has 1 aromatic heterocycles. The Labute approximate surface area is 161 Å². The molecule has 0 aliphatic heterocycles. The van der Waals surface area contributed by atoms with Crippen LogP contribution in [0.5, 0.6) is 5.75 Å². The zero-order valence-electron chi connectivity index (χ0n) is 15.1.